The largest absolute Gasteiger partial charge is 0.378 e. The van der Waals surface area contributed by atoms with Crippen LogP contribution in [0, 0.1) is 0 Å². The summed E-state index contributed by atoms with van der Waals surface area (Å²) in [6.45, 7) is 4.87. The third-order valence-electron chi connectivity index (χ3n) is 4.71. The Labute approximate surface area is 161 Å². The second-order valence-corrected chi connectivity index (χ2v) is 7.40. The first-order valence-corrected chi connectivity index (χ1v) is 9.50. The summed E-state index contributed by atoms with van der Waals surface area (Å²) in [5.41, 5.74) is 5.23. The van der Waals surface area contributed by atoms with Crippen molar-refractivity contribution in [3.8, 4) is 0 Å². The minimum atomic E-state index is 0.714. The summed E-state index contributed by atoms with van der Waals surface area (Å²) in [7, 11) is 2.17. The van der Waals surface area contributed by atoms with E-state index in [2.05, 4.69) is 65.2 Å². The molecular weight excluding hydrogens is 392 g/mol. The van der Waals surface area contributed by atoms with E-state index in [4.69, 9.17) is 0 Å². The molecule has 0 unspecified atom stereocenters. The van der Waals surface area contributed by atoms with Crippen LogP contribution in [0.2, 0.25) is 0 Å². The molecule has 2 aromatic heterocycles. The van der Waals surface area contributed by atoms with E-state index in [0.717, 1.165) is 47.4 Å². The van der Waals surface area contributed by atoms with Crippen LogP contribution >= 0.6 is 15.9 Å². The Morgan fingerprint density at radius 3 is 2.62 bits per heavy atom. The molecule has 1 saturated heterocycles. The Balaban J connectivity index is 1.55. The van der Waals surface area contributed by atoms with Gasteiger partial charge in [-0.3, -0.25) is 15.0 Å². The molecule has 0 saturated carbocycles. The van der Waals surface area contributed by atoms with Crippen LogP contribution in [0.3, 0.4) is 0 Å². The number of nitrogens with one attached hydrogen (secondary N) is 1. The van der Waals surface area contributed by atoms with Gasteiger partial charge in [-0.1, -0.05) is 6.07 Å². The molecule has 0 amide bonds. The minimum absolute atomic E-state index is 0.714. The number of likely N-dealkylation sites (N-methyl/N-ethyl adjacent to an activating group) is 1. The lowest BCUT2D eigenvalue weighted by Gasteiger charge is -2.35. The van der Waals surface area contributed by atoms with Crippen molar-refractivity contribution >= 4 is 38.3 Å². The molecule has 0 atom stereocenters. The first kappa shape index (κ1) is 17.2. The van der Waals surface area contributed by atoms with Crippen molar-refractivity contribution < 1.29 is 0 Å². The summed E-state index contributed by atoms with van der Waals surface area (Å²) in [5, 5.41) is 3.55. The number of anilines is 2. The van der Waals surface area contributed by atoms with E-state index in [1.54, 1.807) is 12.4 Å². The summed E-state index contributed by atoms with van der Waals surface area (Å²) in [6.07, 6.45) is 7.21. The maximum Gasteiger partial charge on any atom is 0.0890 e. The molecule has 0 radical (unpaired) electrons. The Morgan fingerprint density at radius 2 is 1.81 bits per heavy atom. The predicted molar refractivity (Wildman–Crippen MR) is 109 cm³/mol. The molecule has 1 N–H and O–H groups in total. The number of benzene rings is 1. The zero-order valence-corrected chi connectivity index (χ0v) is 16.3. The molecule has 1 aliphatic heterocycles. The molecule has 0 bridgehead atoms. The number of hydrogen-bond donors (Lipinski definition) is 1. The highest BCUT2D eigenvalue weighted by Gasteiger charge is 2.19. The van der Waals surface area contributed by atoms with E-state index in [9.17, 15) is 0 Å². The number of aromatic nitrogens is 3. The SMILES string of the molecule is CN1CCN(c2c(Br)cncc2NCc2ccc3nccnc3c2)CC1. The monoisotopic (exact) mass is 412 g/mol. The number of nitrogens with zero attached hydrogens (tertiary/aromatic N) is 5. The lowest BCUT2D eigenvalue weighted by atomic mass is 10.2. The highest BCUT2D eigenvalue weighted by molar-refractivity contribution is 9.10. The molecule has 1 aliphatic rings. The van der Waals surface area contributed by atoms with Crippen molar-refractivity contribution in [1.82, 2.24) is 19.9 Å². The highest BCUT2D eigenvalue weighted by atomic mass is 79.9. The number of halogens is 1. The van der Waals surface area contributed by atoms with Crippen LogP contribution in [0.4, 0.5) is 11.4 Å². The third-order valence-corrected chi connectivity index (χ3v) is 5.29. The molecule has 7 heteroatoms. The maximum atomic E-state index is 4.39. The molecule has 0 spiro atoms. The van der Waals surface area contributed by atoms with Crippen LogP contribution in [0.5, 0.6) is 0 Å². The normalized spacial score (nSPS) is 15.4. The van der Waals surface area contributed by atoms with E-state index < -0.39 is 0 Å². The summed E-state index contributed by atoms with van der Waals surface area (Å²) in [4.78, 5) is 17.8. The highest BCUT2D eigenvalue weighted by Crippen LogP contribution is 2.34. The third kappa shape index (κ3) is 3.64. The van der Waals surface area contributed by atoms with Gasteiger partial charge in [0, 0.05) is 51.3 Å². The standard InChI is InChI=1S/C19H21BrN6/c1-25-6-8-26(9-7-25)19-15(20)12-21-13-18(19)24-11-14-2-3-16-17(10-14)23-5-4-22-16/h2-5,10,12-13,24H,6-9,11H2,1H3. The molecule has 3 aromatic rings. The summed E-state index contributed by atoms with van der Waals surface area (Å²) in [6, 6.07) is 6.18. The van der Waals surface area contributed by atoms with Crippen LogP contribution in [-0.4, -0.2) is 53.1 Å². The summed E-state index contributed by atoms with van der Waals surface area (Å²) >= 11 is 3.68. The van der Waals surface area contributed by atoms with Crippen molar-refractivity contribution in [2.24, 2.45) is 0 Å². The van der Waals surface area contributed by atoms with Gasteiger partial charge in [-0.2, -0.15) is 0 Å². The van der Waals surface area contributed by atoms with Gasteiger partial charge in [0.05, 0.1) is 33.1 Å². The van der Waals surface area contributed by atoms with Crippen molar-refractivity contribution in [2.45, 2.75) is 6.54 Å². The van der Waals surface area contributed by atoms with Gasteiger partial charge in [0.25, 0.3) is 0 Å². The lowest BCUT2D eigenvalue weighted by molar-refractivity contribution is 0.313. The Kier molecular flexibility index (Phi) is 4.99. The number of piperazine rings is 1. The van der Waals surface area contributed by atoms with Crippen LogP contribution in [0.1, 0.15) is 5.56 Å². The predicted octanol–water partition coefficient (Wildman–Crippen LogP) is 3.15. The molecule has 26 heavy (non-hydrogen) atoms. The van der Waals surface area contributed by atoms with Gasteiger partial charge < -0.3 is 15.1 Å². The molecular formula is C19H21BrN6. The second-order valence-electron chi connectivity index (χ2n) is 6.54. The number of pyridine rings is 1. The van der Waals surface area contributed by atoms with Gasteiger partial charge >= 0.3 is 0 Å². The van der Waals surface area contributed by atoms with Crippen LogP contribution in [0.25, 0.3) is 11.0 Å². The maximum absolute atomic E-state index is 4.39. The van der Waals surface area contributed by atoms with E-state index >= 15 is 0 Å². The van der Waals surface area contributed by atoms with Crippen LogP contribution in [0.15, 0.2) is 47.5 Å². The van der Waals surface area contributed by atoms with Gasteiger partial charge in [0.1, 0.15) is 0 Å². The molecule has 1 aromatic carbocycles. The number of hydrogen-bond acceptors (Lipinski definition) is 6. The van der Waals surface area contributed by atoms with Crippen molar-refractivity contribution in [2.75, 3.05) is 43.4 Å². The Bertz CT molecular complexity index is 907. The first-order valence-electron chi connectivity index (χ1n) is 8.71. The van der Waals surface area contributed by atoms with Crippen LogP contribution in [-0.2, 0) is 6.54 Å². The minimum Gasteiger partial charge on any atom is -0.378 e. The number of fused-ring (bicyclic) bond motifs is 1. The summed E-state index contributed by atoms with van der Waals surface area (Å²) < 4.78 is 1.02. The zero-order chi connectivity index (χ0) is 17.9. The van der Waals surface area contributed by atoms with E-state index in [-0.39, 0.29) is 0 Å². The Hall–Kier alpha value is -2.25. The van der Waals surface area contributed by atoms with Gasteiger partial charge in [-0.25, -0.2) is 0 Å². The first-order chi connectivity index (χ1) is 12.7. The van der Waals surface area contributed by atoms with Gasteiger partial charge in [0.15, 0.2) is 0 Å². The molecule has 1 fully saturated rings. The topological polar surface area (TPSA) is 57.2 Å². The van der Waals surface area contributed by atoms with Gasteiger partial charge in [-0.15, -0.1) is 0 Å². The van der Waals surface area contributed by atoms with Crippen molar-refractivity contribution in [1.29, 1.82) is 0 Å². The molecule has 6 nitrogen and oxygen atoms in total. The van der Waals surface area contributed by atoms with Crippen LogP contribution < -0.4 is 10.2 Å². The average Bonchev–Trinajstić information content (AvgIpc) is 2.67. The number of rotatable bonds is 4. The smallest absolute Gasteiger partial charge is 0.0890 e. The zero-order valence-electron chi connectivity index (χ0n) is 14.7. The molecule has 4 rings (SSSR count). The molecule has 3 heterocycles. The van der Waals surface area contributed by atoms with E-state index in [0.29, 0.717) is 6.54 Å². The second kappa shape index (κ2) is 7.55. The van der Waals surface area contributed by atoms with E-state index in [1.807, 2.05) is 18.5 Å². The summed E-state index contributed by atoms with van der Waals surface area (Å²) in [5.74, 6) is 0. The Morgan fingerprint density at radius 1 is 1.04 bits per heavy atom. The quantitative estimate of drug-likeness (QED) is 0.709. The fourth-order valence-corrected chi connectivity index (χ4v) is 3.81. The van der Waals surface area contributed by atoms with E-state index in [1.165, 1.54) is 11.3 Å². The average molecular weight is 413 g/mol. The lowest BCUT2D eigenvalue weighted by Crippen LogP contribution is -2.44. The molecule has 0 aliphatic carbocycles. The van der Waals surface area contributed by atoms with Gasteiger partial charge in [0.2, 0.25) is 0 Å². The fourth-order valence-electron chi connectivity index (χ4n) is 3.23. The van der Waals surface area contributed by atoms with Crippen molar-refractivity contribution in [3.63, 3.8) is 0 Å². The van der Waals surface area contributed by atoms with Gasteiger partial charge in [-0.05, 0) is 40.7 Å². The van der Waals surface area contributed by atoms with Crippen molar-refractivity contribution in [3.05, 3.63) is 53.0 Å². The molecule has 134 valence electrons. The fraction of sp³-hybridized carbons (Fsp3) is 0.316.